The van der Waals surface area contributed by atoms with Crippen LogP contribution in [-0.4, -0.2) is 18.0 Å². The Balaban J connectivity index is 1.97. The van der Waals surface area contributed by atoms with Gasteiger partial charge in [-0.2, -0.15) is 0 Å². The van der Waals surface area contributed by atoms with E-state index in [1.54, 1.807) is 0 Å². The van der Waals surface area contributed by atoms with E-state index in [-0.39, 0.29) is 11.8 Å². The second-order valence-electron chi connectivity index (χ2n) is 6.53. The standard InChI is InChI=1S/C20H26N2O2/c1-15(2)20(3,14-21)22-19(23)17-11-9-16(10-12-17)13-24-18-7-5-4-6-8-18/h4-12,15H,13-14,21H2,1-3H3,(H,22,23). The molecule has 3 N–H and O–H groups in total. The molecular formula is C20H26N2O2. The average molecular weight is 326 g/mol. The number of nitrogens with two attached hydrogens (primary N) is 1. The fourth-order valence-electron chi connectivity index (χ4n) is 2.20. The zero-order valence-electron chi connectivity index (χ0n) is 14.6. The summed E-state index contributed by atoms with van der Waals surface area (Å²) in [7, 11) is 0. The Labute approximate surface area is 144 Å². The minimum Gasteiger partial charge on any atom is -0.489 e. The maximum atomic E-state index is 12.4. The van der Waals surface area contributed by atoms with Gasteiger partial charge in [0, 0.05) is 12.1 Å². The minimum absolute atomic E-state index is 0.104. The Kier molecular flexibility index (Phi) is 5.99. The zero-order chi connectivity index (χ0) is 17.6. The molecule has 4 heteroatoms. The van der Waals surface area contributed by atoms with E-state index in [0.29, 0.717) is 18.7 Å². The summed E-state index contributed by atoms with van der Waals surface area (Å²) in [6.07, 6.45) is 0. The monoisotopic (exact) mass is 326 g/mol. The molecule has 0 fully saturated rings. The molecule has 4 nitrogen and oxygen atoms in total. The van der Waals surface area contributed by atoms with Gasteiger partial charge in [-0.05, 0) is 42.7 Å². The molecule has 0 radical (unpaired) electrons. The summed E-state index contributed by atoms with van der Waals surface area (Å²) in [5, 5.41) is 3.04. The van der Waals surface area contributed by atoms with Crippen molar-refractivity contribution in [3.63, 3.8) is 0 Å². The van der Waals surface area contributed by atoms with Crippen LogP contribution in [0.25, 0.3) is 0 Å². The third-order valence-corrected chi connectivity index (χ3v) is 4.46. The third-order valence-electron chi connectivity index (χ3n) is 4.46. The van der Waals surface area contributed by atoms with Gasteiger partial charge in [-0.25, -0.2) is 0 Å². The van der Waals surface area contributed by atoms with Gasteiger partial charge in [-0.15, -0.1) is 0 Å². The van der Waals surface area contributed by atoms with Crippen LogP contribution in [0.15, 0.2) is 54.6 Å². The fourth-order valence-corrected chi connectivity index (χ4v) is 2.20. The maximum Gasteiger partial charge on any atom is 0.251 e. The first-order valence-electron chi connectivity index (χ1n) is 8.24. The quantitative estimate of drug-likeness (QED) is 0.820. The van der Waals surface area contributed by atoms with E-state index in [4.69, 9.17) is 10.5 Å². The van der Waals surface area contributed by atoms with Crippen molar-refractivity contribution in [1.29, 1.82) is 0 Å². The SMILES string of the molecule is CC(C)C(C)(CN)NC(=O)c1ccc(COc2ccccc2)cc1. The molecule has 2 aromatic rings. The van der Waals surface area contributed by atoms with Gasteiger partial charge in [0.15, 0.2) is 0 Å². The Hall–Kier alpha value is -2.33. The molecule has 0 saturated heterocycles. The van der Waals surface area contributed by atoms with Gasteiger partial charge in [0.05, 0.1) is 5.54 Å². The Morgan fingerprint density at radius 2 is 1.75 bits per heavy atom. The van der Waals surface area contributed by atoms with Crippen LogP contribution in [0.5, 0.6) is 5.75 Å². The molecule has 1 atom stereocenters. The number of amides is 1. The van der Waals surface area contributed by atoms with Crippen molar-refractivity contribution in [2.75, 3.05) is 6.54 Å². The van der Waals surface area contributed by atoms with Crippen LogP contribution < -0.4 is 15.8 Å². The molecule has 24 heavy (non-hydrogen) atoms. The van der Waals surface area contributed by atoms with E-state index in [2.05, 4.69) is 19.2 Å². The molecule has 0 aromatic heterocycles. The third kappa shape index (κ3) is 4.59. The number of rotatable bonds is 7. The van der Waals surface area contributed by atoms with Gasteiger partial charge in [-0.3, -0.25) is 4.79 Å². The van der Waals surface area contributed by atoms with Crippen molar-refractivity contribution in [1.82, 2.24) is 5.32 Å². The van der Waals surface area contributed by atoms with Crippen molar-refractivity contribution < 1.29 is 9.53 Å². The number of nitrogens with one attached hydrogen (secondary N) is 1. The van der Waals surface area contributed by atoms with E-state index >= 15 is 0 Å². The van der Waals surface area contributed by atoms with Crippen molar-refractivity contribution >= 4 is 5.91 Å². The highest BCUT2D eigenvalue weighted by Gasteiger charge is 2.28. The number of hydrogen-bond acceptors (Lipinski definition) is 3. The summed E-state index contributed by atoms with van der Waals surface area (Å²) >= 11 is 0. The number of carbonyl (C=O) groups is 1. The van der Waals surface area contributed by atoms with E-state index in [1.165, 1.54) is 0 Å². The fraction of sp³-hybridized carbons (Fsp3) is 0.350. The molecule has 2 rings (SSSR count). The summed E-state index contributed by atoms with van der Waals surface area (Å²) in [5.74, 6) is 0.979. The van der Waals surface area contributed by atoms with Crippen molar-refractivity contribution in [2.24, 2.45) is 11.7 Å². The lowest BCUT2D eigenvalue weighted by Crippen LogP contribution is -2.55. The highest BCUT2D eigenvalue weighted by atomic mass is 16.5. The molecule has 0 spiro atoms. The second kappa shape index (κ2) is 7.97. The predicted molar refractivity (Wildman–Crippen MR) is 97.0 cm³/mol. The predicted octanol–water partition coefficient (Wildman–Crippen LogP) is 3.37. The van der Waals surface area contributed by atoms with Crippen LogP contribution in [0.1, 0.15) is 36.7 Å². The van der Waals surface area contributed by atoms with E-state index in [9.17, 15) is 4.79 Å². The lowest BCUT2D eigenvalue weighted by atomic mass is 9.88. The van der Waals surface area contributed by atoms with E-state index in [1.807, 2.05) is 61.5 Å². The van der Waals surface area contributed by atoms with Crippen LogP contribution in [0.3, 0.4) is 0 Å². The number of para-hydroxylation sites is 1. The first-order chi connectivity index (χ1) is 11.4. The number of carbonyl (C=O) groups excluding carboxylic acids is 1. The molecular weight excluding hydrogens is 300 g/mol. The summed E-state index contributed by atoms with van der Waals surface area (Å²) in [6.45, 7) is 6.95. The highest BCUT2D eigenvalue weighted by molar-refractivity contribution is 5.94. The van der Waals surface area contributed by atoms with Crippen molar-refractivity contribution in [3.8, 4) is 5.75 Å². The second-order valence-corrected chi connectivity index (χ2v) is 6.53. The molecule has 128 valence electrons. The van der Waals surface area contributed by atoms with Crippen molar-refractivity contribution in [3.05, 3.63) is 65.7 Å². The van der Waals surface area contributed by atoms with Gasteiger partial charge in [0.1, 0.15) is 12.4 Å². The molecule has 1 amide bonds. The molecule has 1 unspecified atom stereocenters. The lowest BCUT2D eigenvalue weighted by Gasteiger charge is -2.33. The summed E-state index contributed by atoms with van der Waals surface area (Å²) < 4.78 is 5.70. The number of hydrogen-bond donors (Lipinski definition) is 2. The van der Waals surface area contributed by atoms with Crippen molar-refractivity contribution in [2.45, 2.75) is 32.9 Å². The topological polar surface area (TPSA) is 64.3 Å². The van der Waals surface area contributed by atoms with Crippen LogP contribution >= 0.6 is 0 Å². The molecule has 2 aromatic carbocycles. The minimum atomic E-state index is -0.411. The molecule has 0 bridgehead atoms. The normalized spacial score (nSPS) is 13.4. The van der Waals surface area contributed by atoms with Gasteiger partial charge < -0.3 is 15.8 Å². The number of ether oxygens (including phenoxy) is 1. The Morgan fingerprint density at radius 1 is 1.12 bits per heavy atom. The summed E-state index contributed by atoms with van der Waals surface area (Å²) in [4.78, 5) is 12.4. The van der Waals surface area contributed by atoms with Crippen LogP contribution in [0.2, 0.25) is 0 Å². The maximum absolute atomic E-state index is 12.4. The molecule has 0 saturated carbocycles. The summed E-state index contributed by atoms with van der Waals surface area (Å²) in [5.41, 5.74) is 7.05. The van der Waals surface area contributed by atoms with Crippen LogP contribution in [-0.2, 0) is 6.61 Å². The highest BCUT2D eigenvalue weighted by Crippen LogP contribution is 2.17. The van der Waals surface area contributed by atoms with Gasteiger partial charge in [-0.1, -0.05) is 44.2 Å². The average Bonchev–Trinajstić information content (AvgIpc) is 2.61. The molecule has 0 heterocycles. The Bertz CT molecular complexity index is 653. The van der Waals surface area contributed by atoms with Crippen LogP contribution in [0, 0.1) is 5.92 Å². The van der Waals surface area contributed by atoms with E-state index in [0.717, 1.165) is 11.3 Å². The van der Waals surface area contributed by atoms with Crippen LogP contribution in [0.4, 0.5) is 0 Å². The first kappa shape index (κ1) is 18.0. The van der Waals surface area contributed by atoms with Gasteiger partial charge in [0.2, 0.25) is 0 Å². The molecule has 0 aliphatic carbocycles. The smallest absolute Gasteiger partial charge is 0.251 e. The largest absolute Gasteiger partial charge is 0.489 e. The first-order valence-corrected chi connectivity index (χ1v) is 8.24. The lowest BCUT2D eigenvalue weighted by molar-refractivity contribution is 0.0883. The van der Waals surface area contributed by atoms with Gasteiger partial charge in [0.25, 0.3) is 5.91 Å². The van der Waals surface area contributed by atoms with E-state index < -0.39 is 5.54 Å². The molecule has 0 aliphatic heterocycles. The number of benzene rings is 2. The molecule has 0 aliphatic rings. The van der Waals surface area contributed by atoms with Gasteiger partial charge >= 0.3 is 0 Å². The summed E-state index contributed by atoms with van der Waals surface area (Å²) in [6, 6.07) is 17.1. The Morgan fingerprint density at radius 3 is 2.29 bits per heavy atom. The zero-order valence-corrected chi connectivity index (χ0v) is 14.6.